The van der Waals surface area contributed by atoms with E-state index in [4.69, 9.17) is 15.0 Å². The summed E-state index contributed by atoms with van der Waals surface area (Å²) in [5.41, 5.74) is 11.6. The first-order valence-electron chi connectivity index (χ1n) is 19.3. The summed E-state index contributed by atoms with van der Waals surface area (Å²) in [4.78, 5) is 15.9. The van der Waals surface area contributed by atoms with Crippen LogP contribution in [0.1, 0.15) is 25.0 Å². The van der Waals surface area contributed by atoms with Gasteiger partial charge >= 0.3 is 0 Å². The number of fused-ring (bicyclic) bond motifs is 8. The van der Waals surface area contributed by atoms with Crippen LogP contribution in [0.5, 0.6) is 0 Å². The average molecular weight is 715 g/mol. The highest BCUT2D eigenvalue weighted by atomic mass is 15.2. The van der Waals surface area contributed by atoms with Crippen LogP contribution in [0.25, 0.3) is 105 Å². The first-order chi connectivity index (χ1) is 27.5. The number of hydrogen-bond acceptors (Lipinski definition) is 3. The van der Waals surface area contributed by atoms with Gasteiger partial charge in [0.1, 0.15) is 0 Å². The molecule has 0 N–H and O–H groups in total. The molecule has 0 fully saturated rings. The lowest BCUT2D eigenvalue weighted by atomic mass is 9.82. The van der Waals surface area contributed by atoms with Crippen molar-refractivity contribution in [2.24, 2.45) is 0 Å². The van der Waals surface area contributed by atoms with Gasteiger partial charge in [-0.3, -0.25) is 4.57 Å². The molecule has 56 heavy (non-hydrogen) atoms. The molecule has 262 valence electrons. The van der Waals surface area contributed by atoms with Gasteiger partial charge in [-0.1, -0.05) is 159 Å². The fourth-order valence-corrected chi connectivity index (χ4v) is 9.55. The van der Waals surface area contributed by atoms with E-state index in [1.807, 2.05) is 18.2 Å². The van der Waals surface area contributed by atoms with E-state index in [0.29, 0.717) is 17.6 Å². The van der Waals surface area contributed by atoms with E-state index in [2.05, 4.69) is 170 Å². The van der Waals surface area contributed by atoms with Crippen molar-refractivity contribution in [1.29, 1.82) is 0 Å². The Morgan fingerprint density at radius 3 is 1.86 bits per heavy atom. The summed E-state index contributed by atoms with van der Waals surface area (Å²) in [6.45, 7) is 4.63. The van der Waals surface area contributed by atoms with Gasteiger partial charge in [-0.05, 0) is 84.6 Å². The van der Waals surface area contributed by atoms with Crippen molar-refractivity contribution in [3.8, 4) is 51.0 Å². The molecule has 11 aromatic rings. The maximum absolute atomic E-state index is 5.40. The molecule has 0 unspecified atom stereocenters. The Kier molecular flexibility index (Phi) is 6.37. The Labute approximate surface area is 323 Å². The topological polar surface area (TPSA) is 43.6 Å². The van der Waals surface area contributed by atoms with E-state index in [9.17, 15) is 0 Å². The minimum absolute atomic E-state index is 0.147. The maximum Gasteiger partial charge on any atom is 0.238 e. The first-order valence-corrected chi connectivity index (χ1v) is 19.3. The van der Waals surface area contributed by atoms with Crippen LogP contribution in [0.3, 0.4) is 0 Å². The summed E-state index contributed by atoms with van der Waals surface area (Å²) in [5.74, 6) is 1.90. The second kappa shape index (κ2) is 11.4. The Hall–Kier alpha value is -7.17. The van der Waals surface area contributed by atoms with Crippen LogP contribution >= 0.6 is 0 Å². The Morgan fingerprint density at radius 1 is 0.393 bits per heavy atom. The first kappa shape index (κ1) is 31.2. The molecule has 0 amide bonds. The van der Waals surface area contributed by atoms with Crippen LogP contribution in [-0.2, 0) is 5.41 Å². The molecule has 0 radical (unpaired) electrons. The number of nitrogens with zero attached hydrogens (tertiary/aromatic N) is 4. The lowest BCUT2D eigenvalue weighted by Crippen LogP contribution is -2.15. The van der Waals surface area contributed by atoms with Crippen LogP contribution in [-0.4, -0.2) is 19.5 Å². The highest BCUT2D eigenvalue weighted by molar-refractivity contribution is 6.39. The van der Waals surface area contributed by atoms with Gasteiger partial charge in [-0.2, -0.15) is 9.97 Å². The average Bonchev–Trinajstić information content (AvgIpc) is 3.71. The molecule has 2 heterocycles. The lowest BCUT2D eigenvalue weighted by molar-refractivity contribution is 0.660. The molecule has 0 spiro atoms. The normalized spacial score (nSPS) is 13.3. The molecule has 4 heteroatoms. The summed E-state index contributed by atoms with van der Waals surface area (Å²) < 4.78 is 2.28. The van der Waals surface area contributed by atoms with Gasteiger partial charge < -0.3 is 0 Å². The Morgan fingerprint density at radius 2 is 1.04 bits per heavy atom. The number of benzene rings is 9. The molecule has 0 bridgehead atoms. The summed E-state index contributed by atoms with van der Waals surface area (Å²) in [5, 5.41) is 9.84. The zero-order valence-electron chi connectivity index (χ0n) is 31.0. The molecular formula is C52H34N4. The lowest BCUT2D eigenvalue weighted by Gasteiger charge is -2.21. The van der Waals surface area contributed by atoms with E-state index in [-0.39, 0.29) is 5.41 Å². The van der Waals surface area contributed by atoms with E-state index >= 15 is 0 Å². The summed E-state index contributed by atoms with van der Waals surface area (Å²) in [6, 6.07) is 61.1. The molecule has 12 rings (SSSR count). The number of rotatable bonds is 4. The largest absolute Gasteiger partial charge is 0.278 e. The molecule has 2 aromatic heterocycles. The highest BCUT2D eigenvalue weighted by Gasteiger charge is 2.35. The number of hydrogen-bond donors (Lipinski definition) is 0. The van der Waals surface area contributed by atoms with Crippen molar-refractivity contribution < 1.29 is 0 Å². The standard InChI is InChI=1S/C52H34N4/c1-52(2)42-22-12-11-19-37(42)38-27-26-35(29-43(38)52)50-53-49(32-16-7-4-8-17-32)54-51(55-50)56-44-23-13-21-40-36-18-9-10-20-39(36)46-41-28-33(31-14-5-3-6-15-31)24-25-34(41)30-45(56)48(46)47(40)44/h3-30H,1-2H3. The van der Waals surface area contributed by atoms with Crippen LogP contribution < -0.4 is 0 Å². The second-order valence-electron chi connectivity index (χ2n) is 15.6. The molecule has 1 aliphatic carbocycles. The van der Waals surface area contributed by atoms with Crippen LogP contribution in [0, 0.1) is 0 Å². The quantitative estimate of drug-likeness (QED) is 0.171. The fourth-order valence-electron chi connectivity index (χ4n) is 9.55. The zero-order valence-corrected chi connectivity index (χ0v) is 31.0. The van der Waals surface area contributed by atoms with Gasteiger partial charge in [0.05, 0.1) is 11.0 Å². The minimum atomic E-state index is -0.147. The van der Waals surface area contributed by atoms with Crippen molar-refractivity contribution >= 4 is 54.1 Å². The predicted octanol–water partition coefficient (Wildman–Crippen LogP) is 13.2. The van der Waals surface area contributed by atoms with Gasteiger partial charge in [0.2, 0.25) is 5.95 Å². The predicted molar refractivity (Wildman–Crippen MR) is 232 cm³/mol. The molecule has 1 aliphatic rings. The minimum Gasteiger partial charge on any atom is -0.278 e. The molecule has 9 aromatic carbocycles. The molecular weight excluding hydrogens is 681 g/mol. The van der Waals surface area contributed by atoms with E-state index in [0.717, 1.165) is 22.2 Å². The van der Waals surface area contributed by atoms with Crippen molar-refractivity contribution in [2.75, 3.05) is 0 Å². The third kappa shape index (κ3) is 4.32. The van der Waals surface area contributed by atoms with Crippen LogP contribution in [0.2, 0.25) is 0 Å². The van der Waals surface area contributed by atoms with Crippen molar-refractivity contribution in [2.45, 2.75) is 19.3 Å². The SMILES string of the molecule is CC1(C)c2ccccc2-c2ccc(-c3nc(-c4ccccc4)nc(-n4c5cccc6c7ccccc7c7c8cc(-c9ccccc9)ccc8cc4c7c65)n3)cc21. The third-order valence-corrected chi connectivity index (χ3v) is 12.2. The van der Waals surface area contributed by atoms with Crippen LogP contribution in [0.4, 0.5) is 0 Å². The Balaban J connectivity index is 1.17. The molecule has 0 aliphatic heterocycles. The number of aromatic nitrogens is 4. The molecule has 4 nitrogen and oxygen atoms in total. The summed E-state index contributed by atoms with van der Waals surface area (Å²) >= 11 is 0. The summed E-state index contributed by atoms with van der Waals surface area (Å²) in [7, 11) is 0. The highest BCUT2D eigenvalue weighted by Crippen LogP contribution is 2.50. The molecule has 0 saturated carbocycles. The monoisotopic (exact) mass is 714 g/mol. The van der Waals surface area contributed by atoms with E-state index in [1.165, 1.54) is 76.5 Å². The fraction of sp³-hybridized carbons (Fsp3) is 0.0577. The molecule has 0 saturated heterocycles. The van der Waals surface area contributed by atoms with E-state index < -0.39 is 0 Å². The summed E-state index contributed by atoms with van der Waals surface area (Å²) in [6.07, 6.45) is 0. The third-order valence-electron chi connectivity index (χ3n) is 12.2. The van der Waals surface area contributed by atoms with Gasteiger partial charge in [0.25, 0.3) is 0 Å². The molecule has 0 atom stereocenters. The van der Waals surface area contributed by atoms with Crippen molar-refractivity contribution in [3.05, 3.63) is 181 Å². The van der Waals surface area contributed by atoms with Gasteiger partial charge in [-0.15, -0.1) is 0 Å². The second-order valence-corrected chi connectivity index (χ2v) is 15.6. The van der Waals surface area contributed by atoms with E-state index in [1.54, 1.807) is 0 Å². The van der Waals surface area contributed by atoms with Crippen molar-refractivity contribution in [3.63, 3.8) is 0 Å². The van der Waals surface area contributed by atoms with Crippen LogP contribution in [0.15, 0.2) is 170 Å². The Bertz CT molecular complexity index is 3380. The van der Waals surface area contributed by atoms with Gasteiger partial charge in [0, 0.05) is 32.7 Å². The van der Waals surface area contributed by atoms with Gasteiger partial charge in [-0.25, -0.2) is 4.98 Å². The smallest absolute Gasteiger partial charge is 0.238 e. The maximum atomic E-state index is 5.40. The zero-order chi connectivity index (χ0) is 37.1. The van der Waals surface area contributed by atoms with Crippen molar-refractivity contribution in [1.82, 2.24) is 19.5 Å². The van der Waals surface area contributed by atoms with Gasteiger partial charge in [0.15, 0.2) is 11.6 Å².